The molecule has 4 atom stereocenters. The fraction of sp³-hybridized carbons (Fsp3) is 1.00. The van der Waals surface area contributed by atoms with E-state index in [0.717, 1.165) is 24.5 Å². The number of hydrogen-bond acceptors (Lipinski definition) is 2. The Morgan fingerprint density at radius 3 is 2.50 bits per heavy atom. The maximum Gasteiger partial charge on any atom is 0.0340 e. The van der Waals surface area contributed by atoms with Gasteiger partial charge in [0.25, 0.3) is 0 Å². The standard InChI is InChI=1S/C14H28N2/c1-4-13-6-5-12(3)16(13)14(10-15)8-7-11(2)9-14/h11-13H,4-10,15H2,1-3H3. The van der Waals surface area contributed by atoms with E-state index in [2.05, 4.69) is 25.7 Å². The Morgan fingerprint density at radius 2 is 2.00 bits per heavy atom. The zero-order valence-electron chi connectivity index (χ0n) is 11.2. The molecule has 4 unspecified atom stereocenters. The van der Waals surface area contributed by atoms with Gasteiger partial charge in [-0.2, -0.15) is 0 Å². The van der Waals surface area contributed by atoms with E-state index in [9.17, 15) is 0 Å². The Hall–Kier alpha value is -0.0800. The number of nitrogens with zero attached hydrogens (tertiary/aromatic N) is 1. The average molecular weight is 224 g/mol. The summed E-state index contributed by atoms with van der Waals surface area (Å²) in [5.41, 5.74) is 6.49. The maximum absolute atomic E-state index is 6.15. The van der Waals surface area contributed by atoms with Crippen molar-refractivity contribution in [1.29, 1.82) is 0 Å². The summed E-state index contributed by atoms with van der Waals surface area (Å²) in [6.45, 7) is 7.98. The number of hydrogen-bond donors (Lipinski definition) is 1. The summed E-state index contributed by atoms with van der Waals surface area (Å²) in [5, 5.41) is 0. The van der Waals surface area contributed by atoms with Crippen LogP contribution in [0, 0.1) is 5.92 Å². The first-order valence-electron chi connectivity index (χ1n) is 7.11. The Kier molecular flexibility index (Phi) is 3.60. The number of likely N-dealkylation sites (tertiary alicyclic amines) is 1. The SMILES string of the molecule is CCC1CCC(C)N1C1(CN)CCC(C)C1. The van der Waals surface area contributed by atoms with Gasteiger partial charge in [-0.15, -0.1) is 0 Å². The second-order valence-electron chi connectivity index (χ2n) is 6.17. The largest absolute Gasteiger partial charge is 0.329 e. The molecule has 0 spiro atoms. The van der Waals surface area contributed by atoms with Crippen molar-refractivity contribution in [3.05, 3.63) is 0 Å². The Labute approximate surface area is 101 Å². The predicted octanol–water partition coefficient (Wildman–Crippen LogP) is 2.77. The van der Waals surface area contributed by atoms with E-state index >= 15 is 0 Å². The van der Waals surface area contributed by atoms with Crippen LogP contribution in [-0.4, -0.2) is 29.1 Å². The summed E-state index contributed by atoms with van der Waals surface area (Å²) < 4.78 is 0. The van der Waals surface area contributed by atoms with Crippen molar-refractivity contribution in [2.75, 3.05) is 6.54 Å². The van der Waals surface area contributed by atoms with Crippen molar-refractivity contribution < 1.29 is 0 Å². The van der Waals surface area contributed by atoms with Crippen molar-refractivity contribution in [2.24, 2.45) is 11.7 Å². The fourth-order valence-electron chi connectivity index (χ4n) is 4.22. The lowest BCUT2D eigenvalue weighted by Gasteiger charge is -2.44. The third-order valence-corrected chi connectivity index (χ3v) is 5.02. The fourth-order valence-corrected chi connectivity index (χ4v) is 4.22. The average Bonchev–Trinajstić information content (AvgIpc) is 2.83. The first-order valence-corrected chi connectivity index (χ1v) is 7.11. The highest BCUT2D eigenvalue weighted by Crippen LogP contribution is 2.44. The van der Waals surface area contributed by atoms with Crippen molar-refractivity contribution in [3.63, 3.8) is 0 Å². The van der Waals surface area contributed by atoms with Gasteiger partial charge in [-0.25, -0.2) is 0 Å². The zero-order chi connectivity index (χ0) is 11.8. The summed E-state index contributed by atoms with van der Waals surface area (Å²) in [6.07, 6.45) is 8.07. The molecule has 94 valence electrons. The van der Waals surface area contributed by atoms with Gasteiger partial charge in [0, 0.05) is 24.2 Å². The van der Waals surface area contributed by atoms with E-state index in [4.69, 9.17) is 5.73 Å². The van der Waals surface area contributed by atoms with Crippen molar-refractivity contribution in [2.45, 2.75) is 76.9 Å². The van der Waals surface area contributed by atoms with Gasteiger partial charge in [-0.05, 0) is 51.4 Å². The van der Waals surface area contributed by atoms with Crippen molar-refractivity contribution >= 4 is 0 Å². The minimum absolute atomic E-state index is 0.343. The lowest BCUT2D eigenvalue weighted by molar-refractivity contribution is 0.0477. The molecule has 1 aliphatic heterocycles. The Morgan fingerprint density at radius 1 is 1.25 bits per heavy atom. The monoisotopic (exact) mass is 224 g/mol. The van der Waals surface area contributed by atoms with Crippen LogP contribution in [0.2, 0.25) is 0 Å². The van der Waals surface area contributed by atoms with Crippen LogP contribution < -0.4 is 5.73 Å². The van der Waals surface area contributed by atoms with Crippen LogP contribution >= 0.6 is 0 Å². The van der Waals surface area contributed by atoms with Gasteiger partial charge in [0.05, 0.1) is 0 Å². The molecule has 1 saturated heterocycles. The third kappa shape index (κ3) is 1.91. The highest BCUT2D eigenvalue weighted by Gasteiger charge is 2.47. The summed E-state index contributed by atoms with van der Waals surface area (Å²) >= 11 is 0. The zero-order valence-corrected chi connectivity index (χ0v) is 11.2. The van der Waals surface area contributed by atoms with E-state index in [0.29, 0.717) is 5.54 Å². The van der Waals surface area contributed by atoms with Gasteiger partial charge in [0.1, 0.15) is 0 Å². The van der Waals surface area contributed by atoms with Crippen LogP contribution in [0.5, 0.6) is 0 Å². The minimum Gasteiger partial charge on any atom is -0.329 e. The highest BCUT2D eigenvalue weighted by molar-refractivity contribution is 5.04. The molecule has 2 nitrogen and oxygen atoms in total. The Balaban J connectivity index is 2.19. The molecule has 1 heterocycles. The van der Waals surface area contributed by atoms with E-state index in [1.165, 1.54) is 38.5 Å². The normalized spacial score (nSPS) is 45.4. The second-order valence-corrected chi connectivity index (χ2v) is 6.17. The van der Waals surface area contributed by atoms with Gasteiger partial charge in [0.15, 0.2) is 0 Å². The van der Waals surface area contributed by atoms with Gasteiger partial charge in [0.2, 0.25) is 0 Å². The van der Waals surface area contributed by atoms with Crippen LogP contribution in [0.1, 0.15) is 59.3 Å². The van der Waals surface area contributed by atoms with Gasteiger partial charge >= 0.3 is 0 Å². The van der Waals surface area contributed by atoms with Gasteiger partial charge in [-0.3, -0.25) is 4.90 Å². The van der Waals surface area contributed by atoms with Crippen LogP contribution in [0.15, 0.2) is 0 Å². The molecule has 0 aromatic heterocycles. The van der Waals surface area contributed by atoms with Crippen LogP contribution in [0.25, 0.3) is 0 Å². The molecule has 1 aliphatic carbocycles. The molecule has 2 fully saturated rings. The molecule has 2 heteroatoms. The van der Waals surface area contributed by atoms with E-state index < -0.39 is 0 Å². The molecule has 2 aliphatic rings. The molecule has 1 saturated carbocycles. The first kappa shape index (κ1) is 12.4. The minimum atomic E-state index is 0.343. The molecule has 16 heavy (non-hydrogen) atoms. The second kappa shape index (κ2) is 4.66. The van der Waals surface area contributed by atoms with E-state index in [1.807, 2.05) is 0 Å². The smallest absolute Gasteiger partial charge is 0.0340 e. The molecular weight excluding hydrogens is 196 g/mol. The predicted molar refractivity (Wildman–Crippen MR) is 69.4 cm³/mol. The number of rotatable bonds is 3. The maximum atomic E-state index is 6.15. The molecule has 2 rings (SSSR count). The quantitative estimate of drug-likeness (QED) is 0.798. The molecule has 0 aromatic rings. The van der Waals surface area contributed by atoms with Gasteiger partial charge < -0.3 is 5.73 Å². The van der Waals surface area contributed by atoms with Crippen LogP contribution in [0.4, 0.5) is 0 Å². The molecule has 0 radical (unpaired) electrons. The molecular formula is C14H28N2. The lowest BCUT2D eigenvalue weighted by Crippen LogP contribution is -2.56. The van der Waals surface area contributed by atoms with Crippen molar-refractivity contribution in [1.82, 2.24) is 4.90 Å². The summed E-state index contributed by atoms with van der Waals surface area (Å²) in [5.74, 6) is 0.869. The Bertz CT molecular complexity index is 241. The van der Waals surface area contributed by atoms with E-state index in [-0.39, 0.29) is 0 Å². The highest BCUT2D eigenvalue weighted by atomic mass is 15.3. The first-order chi connectivity index (χ1) is 7.63. The van der Waals surface area contributed by atoms with Crippen LogP contribution in [-0.2, 0) is 0 Å². The molecule has 2 N–H and O–H groups in total. The molecule has 0 amide bonds. The lowest BCUT2D eigenvalue weighted by atomic mass is 9.91. The van der Waals surface area contributed by atoms with Gasteiger partial charge in [-0.1, -0.05) is 13.8 Å². The topological polar surface area (TPSA) is 29.3 Å². The van der Waals surface area contributed by atoms with E-state index in [1.54, 1.807) is 0 Å². The van der Waals surface area contributed by atoms with Crippen LogP contribution in [0.3, 0.4) is 0 Å². The summed E-state index contributed by atoms with van der Waals surface area (Å²) in [4.78, 5) is 2.80. The summed E-state index contributed by atoms with van der Waals surface area (Å²) in [7, 11) is 0. The molecule has 0 bridgehead atoms. The number of nitrogens with two attached hydrogens (primary N) is 1. The third-order valence-electron chi connectivity index (χ3n) is 5.02. The molecule has 0 aromatic carbocycles. The summed E-state index contributed by atoms with van der Waals surface area (Å²) in [6, 6.07) is 1.54. The van der Waals surface area contributed by atoms with Crippen molar-refractivity contribution in [3.8, 4) is 0 Å².